The van der Waals surface area contributed by atoms with Crippen LogP contribution in [0.4, 0.5) is 0 Å². The third kappa shape index (κ3) is 4.25. The van der Waals surface area contributed by atoms with E-state index in [2.05, 4.69) is 6.58 Å². The van der Waals surface area contributed by atoms with Crippen molar-refractivity contribution in [2.24, 2.45) is 5.92 Å². The van der Waals surface area contributed by atoms with E-state index in [1.54, 1.807) is 13.0 Å². The highest BCUT2D eigenvalue weighted by atomic mass is 16.5. The first-order chi connectivity index (χ1) is 9.21. The molecule has 1 fully saturated rings. The summed E-state index contributed by atoms with van der Waals surface area (Å²) in [6.45, 7) is 6.72. The lowest BCUT2D eigenvalue weighted by Crippen LogP contribution is -2.59. The highest BCUT2D eigenvalue weighted by molar-refractivity contribution is 4.95. The Morgan fingerprint density at radius 1 is 1.20 bits per heavy atom. The zero-order valence-electron chi connectivity index (χ0n) is 12.0. The molecule has 0 saturated carbocycles. The van der Waals surface area contributed by atoms with Gasteiger partial charge in [-0.05, 0) is 19.3 Å². The Labute approximate surface area is 119 Å². The van der Waals surface area contributed by atoms with Crippen molar-refractivity contribution < 1.29 is 30.3 Å². The average Bonchev–Trinajstić information content (AvgIpc) is 2.38. The molecule has 1 heterocycles. The van der Waals surface area contributed by atoms with Gasteiger partial charge in [-0.2, -0.15) is 0 Å². The fourth-order valence-corrected chi connectivity index (χ4v) is 2.64. The predicted octanol–water partition coefficient (Wildman–Crippen LogP) is -0.818. The van der Waals surface area contributed by atoms with Gasteiger partial charge in [0.15, 0.2) is 0 Å². The van der Waals surface area contributed by atoms with Crippen LogP contribution in [-0.4, -0.2) is 68.3 Å². The van der Waals surface area contributed by atoms with Gasteiger partial charge < -0.3 is 30.3 Å². The maximum atomic E-state index is 10.4. The third-order valence-electron chi connectivity index (χ3n) is 3.80. The molecule has 0 bridgehead atoms. The van der Waals surface area contributed by atoms with E-state index in [0.717, 1.165) is 0 Å². The van der Waals surface area contributed by atoms with E-state index in [4.69, 9.17) is 9.84 Å². The lowest BCUT2D eigenvalue weighted by atomic mass is 9.84. The van der Waals surface area contributed by atoms with Crippen molar-refractivity contribution >= 4 is 0 Å². The van der Waals surface area contributed by atoms with Crippen LogP contribution in [0.3, 0.4) is 0 Å². The monoisotopic (exact) mass is 290 g/mol. The van der Waals surface area contributed by atoms with E-state index in [9.17, 15) is 20.4 Å². The Morgan fingerprint density at radius 2 is 1.75 bits per heavy atom. The fourth-order valence-electron chi connectivity index (χ4n) is 2.64. The summed E-state index contributed by atoms with van der Waals surface area (Å²) in [6.07, 6.45) is -3.62. The summed E-state index contributed by atoms with van der Waals surface area (Å²) >= 11 is 0. The second kappa shape index (κ2) is 6.98. The summed E-state index contributed by atoms with van der Waals surface area (Å²) in [7, 11) is 0. The minimum Gasteiger partial charge on any atom is -0.394 e. The number of allylic oxidation sites excluding steroid dienone is 1. The van der Waals surface area contributed by atoms with E-state index in [1.165, 1.54) is 0 Å². The molecule has 7 unspecified atom stereocenters. The maximum absolute atomic E-state index is 10.4. The summed E-state index contributed by atoms with van der Waals surface area (Å²) in [5.41, 5.74) is -1.11. The second-order valence-electron chi connectivity index (χ2n) is 5.99. The molecule has 1 aliphatic heterocycles. The smallest absolute Gasteiger partial charge is 0.111 e. The van der Waals surface area contributed by atoms with Crippen molar-refractivity contribution in [3.63, 3.8) is 0 Å². The number of aliphatic hydroxyl groups excluding tert-OH is 4. The van der Waals surface area contributed by atoms with E-state index in [0.29, 0.717) is 6.42 Å². The summed E-state index contributed by atoms with van der Waals surface area (Å²) < 4.78 is 5.39. The molecular weight excluding hydrogens is 264 g/mol. The van der Waals surface area contributed by atoms with Crippen molar-refractivity contribution in [1.29, 1.82) is 0 Å². The quantitative estimate of drug-likeness (QED) is 0.409. The molecule has 0 radical (unpaired) electrons. The Kier molecular flexibility index (Phi) is 6.12. The van der Waals surface area contributed by atoms with Crippen molar-refractivity contribution in [3.05, 3.63) is 12.7 Å². The number of hydrogen-bond donors (Lipinski definition) is 5. The van der Waals surface area contributed by atoms with Gasteiger partial charge in [0.25, 0.3) is 0 Å². The van der Waals surface area contributed by atoms with Gasteiger partial charge in [0.2, 0.25) is 0 Å². The van der Waals surface area contributed by atoms with Gasteiger partial charge in [-0.1, -0.05) is 13.0 Å². The predicted molar refractivity (Wildman–Crippen MR) is 73.0 cm³/mol. The minimum absolute atomic E-state index is 0.0899. The van der Waals surface area contributed by atoms with Crippen molar-refractivity contribution in [1.82, 2.24) is 0 Å². The van der Waals surface area contributed by atoms with Crippen molar-refractivity contribution in [2.75, 3.05) is 6.61 Å². The van der Waals surface area contributed by atoms with Crippen LogP contribution in [0.1, 0.15) is 26.7 Å². The summed E-state index contributed by atoms with van der Waals surface area (Å²) in [5.74, 6) is 0.0925. The largest absolute Gasteiger partial charge is 0.394 e. The fraction of sp³-hybridized carbons (Fsp3) is 0.857. The number of hydrogen-bond acceptors (Lipinski definition) is 6. The van der Waals surface area contributed by atoms with E-state index in [1.807, 2.05) is 6.92 Å². The first-order valence-corrected chi connectivity index (χ1v) is 6.87. The van der Waals surface area contributed by atoms with E-state index >= 15 is 0 Å². The molecule has 118 valence electrons. The van der Waals surface area contributed by atoms with Gasteiger partial charge in [-0.15, -0.1) is 6.58 Å². The SMILES string of the molecule is C=CC(C)CC(C)(O)CC1OC(CO)C(O)C(O)C1O. The molecule has 1 saturated heterocycles. The van der Waals surface area contributed by atoms with Crippen LogP contribution in [0.5, 0.6) is 0 Å². The molecule has 0 aromatic heterocycles. The Balaban J connectivity index is 2.72. The molecule has 7 atom stereocenters. The lowest BCUT2D eigenvalue weighted by molar-refractivity contribution is -0.238. The number of ether oxygens (including phenoxy) is 1. The molecule has 0 aliphatic carbocycles. The van der Waals surface area contributed by atoms with Crippen molar-refractivity contribution in [2.45, 2.75) is 62.8 Å². The topological polar surface area (TPSA) is 110 Å². The number of rotatable bonds is 6. The normalized spacial score (nSPS) is 39.0. The van der Waals surface area contributed by atoms with Crippen LogP contribution in [0.2, 0.25) is 0 Å². The highest BCUT2D eigenvalue weighted by Crippen LogP contribution is 2.30. The molecule has 20 heavy (non-hydrogen) atoms. The van der Waals surface area contributed by atoms with Gasteiger partial charge in [0.05, 0.1) is 18.3 Å². The van der Waals surface area contributed by atoms with E-state index in [-0.39, 0.29) is 12.3 Å². The van der Waals surface area contributed by atoms with Gasteiger partial charge in [-0.25, -0.2) is 0 Å². The molecule has 0 aromatic rings. The molecular formula is C14H26O6. The standard InChI is InChI=1S/C14H26O6/c1-4-8(2)5-14(3,19)6-9-11(16)13(18)12(17)10(7-15)20-9/h4,8-13,15-19H,1,5-7H2,2-3H3. The van der Waals surface area contributed by atoms with E-state index < -0.39 is 42.7 Å². The molecule has 6 nitrogen and oxygen atoms in total. The third-order valence-corrected chi connectivity index (χ3v) is 3.80. The zero-order chi connectivity index (χ0) is 15.5. The van der Waals surface area contributed by atoms with Crippen LogP contribution in [0, 0.1) is 5.92 Å². The molecule has 1 rings (SSSR count). The van der Waals surface area contributed by atoms with Crippen LogP contribution >= 0.6 is 0 Å². The Hall–Kier alpha value is -0.500. The van der Waals surface area contributed by atoms with Crippen LogP contribution < -0.4 is 0 Å². The molecule has 0 aromatic carbocycles. The van der Waals surface area contributed by atoms with Gasteiger partial charge in [0.1, 0.15) is 24.4 Å². The van der Waals surface area contributed by atoms with Crippen LogP contribution in [-0.2, 0) is 4.74 Å². The lowest BCUT2D eigenvalue weighted by Gasteiger charge is -2.42. The van der Waals surface area contributed by atoms with Gasteiger partial charge in [-0.3, -0.25) is 0 Å². The molecule has 1 aliphatic rings. The van der Waals surface area contributed by atoms with Crippen LogP contribution in [0.15, 0.2) is 12.7 Å². The summed E-state index contributed by atoms with van der Waals surface area (Å²) in [4.78, 5) is 0. The summed E-state index contributed by atoms with van der Waals surface area (Å²) in [5, 5.41) is 48.8. The molecule has 0 spiro atoms. The van der Waals surface area contributed by atoms with Crippen molar-refractivity contribution in [3.8, 4) is 0 Å². The van der Waals surface area contributed by atoms with Gasteiger partial charge >= 0.3 is 0 Å². The highest BCUT2D eigenvalue weighted by Gasteiger charge is 2.45. The molecule has 6 heteroatoms. The summed E-state index contributed by atoms with van der Waals surface area (Å²) in [6, 6.07) is 0. The zero-order valence-corrected chi connectivity index (χ0v) is 12.0. The average molecular weight is 290 g/mol. The molecule has 0 amide bonds. The Morgan fingerprint density at radius 3 is 2.25 bits per heavy atom. The van der Waals surface area contributed by atoms with Gasteiger partial charge in [0, 0.05) is 6.42 Å². The molecule has 5 N–H and O–H groups in total. The first-order valence-electron chi connectivity index (χ1n) is 6.87. The second-order valence-corrected chi connectivity index (χ2v) is 5.99. The Bertz CT molecular complexity index is 317. The first kappa shape index (κ1) is 17.6. The minimum atomic E-state index is -1.40. The maximum Gasteiger partial charge on any atom is 0.111 e. The van der Waals surface area contributed by atoms with Crippen LogP contribution in [0.25, 0.3) is 0 Å². The number of aliphatic hydroxyl groups is 5.